The fourth-order valence-corrected chi connectivity index (χ4v) is 2.79. The van der Waals surface area contributed by atoms with Crippen molar-refractivity contribution in [2.75, 3.05) is 18.0 Å². The van der Waals surface area contributed by atoms with Crippen molar-refractivity contribution in [2.45, 2.75) is 40.0 Å². The van der Waals surface area contributed by atoms with Crippen LogP contribution in [0.2, 0.25) is 5.28 Å². The lowest BCUT2D eigenvalue weighted by atomic mass is 9.85. The SMILES string of the molecule is Cc1nc(Cl)nc(N2CCCC(C)(C)CC2)c1[N+](=O)[O-]. The van der Waals surface area contributed by atoms with Crippen LogP contribution in [0.5, 0.6) is 0 Å². The summed E-state index contributed by atoms with van der Waals surface area (Å²) in [5, 5.41) is 11.3. The Bertz CT molecular complexity index is 533. The molecule has 0 radical (unpaired) electrons. The van der Waals surface area contributed by atoms with Crippen LogP contribution in [0, 0.1) is 22.5 Å². The Kier molecular flexibility index (Phi) is 4.13. The van der Waals surface area contributed by atoms with Gasteiger partial charge in [0.05, 0.1) is 4.92 Å². The average Bonchev–Trinajstić information content (AvgIpc) is 2.48. The van der Waals surface area contributed by atoms with E-state index in [1.165, 1.54) is 0 Å². The van der Waals surface area contributed by atoms with Gasteiger partial charge in [-0.25, -0.2) is 4.98 Å². The van der Waals surface area contributed by atoms with E-state index in [-0.39, 0.29) is 16.4 Å². The Morgan fingerprint density at radius 3 is 2.65 bits per heavy atom. The standard InChI is InChI=1S/C13H19ClN4O2/c1-9-10(18(19)20)11(16-12(14)15-9)17-7-4-5-13(2,3)6-8-17/h4-8H2,1-3H3. The van der Waals surface area contributed by atoms with Crippen molar-refractivity contribution in [2.24, 2.45) is 5.41 Å². The zero-order valence-corrected chi connectivity index (χ0v) is 12.8. The van der Waals surface area contributed by atoms with Crippen LogP contribution in [0.4, 0.5) is 11.5 Å². The molecule has 0 aliphatic carbocycles. The van der Waals surface area contributed by atoms with Gasteiger partial charge in [0.25, 0.3) is 0 Å². The van der Waals surface area contributed by atoms with Gasteiger partial charge in [0.1, 0.15) is 5.69 Å². The minimum Gasteiger partial charge on any atom is -0.351 e. The number of nitro groups is 1. The number of aryl methyl sites for hydroxylation is 1. The van der Waals surface area contributed by atoms with E-state index in [2.05, 4.69) is 23.8 Å². The number of hydrogen-bond acceptors (Lipinski definition) is 5. The molecule has 110 valence electrons. The molecule has 0 unspecified atom stereocenters. The number of rotatable bonds is 2. The fourth-order valence-electron chi connectivity index (χ4n) is 2.59. The molecule has 0 aromatic carbocycles. The quantitative estimate of drug-likeness (QED) is 0.475. The lowest BCUT2D eigenvalue weighted by molar-refractivity contribution is -0.385. The molecule has 1 saturated heterocycles. The van der Waals surface area contributed by atoms with Gasteiger partial charge in [0.15, 0.2) is 0 Å². The fraction of sp³-hybridized carbons (Fsp3) is 0.692. The molecule has 1 aliphatic heterocycles. The van der Waals surface area contributed by atoms with Gasteiger partial charge in [-0.2, -0.15) is 4.98 Å². The first-order chi connectivity index (χ1) is 9.30. The highest BCUT2D eigenvalue weighted by Crippen LogP contribution is 2.35. The number of halogens is 1. The van der Waals surface area contributed by atoms with Gasteiger partial charge in [0.2, 0.25) is 11.1 Å². The van der Waals surface area contributed by atoms with Gasteiger partial charge in [-0.3, -0.25) is 10.1 Å². The maximum absolute atomic E-state index is 11.3. The summed E-state index contributed by atoms with van der Waals surface area (Å²) in [5.41, 5.74) is 0.540. The molecular formula is C13H19ClN4O2. The Morgan fingerprint density at radius 2 is 2.00 bits per heavy atom. The van der Waals surface area contributed by atoms with Crippen LogP contribution in [0.1, 0.15) is 38.8 Å². The van der Waals surface area contributed by atoms with Gasteiger partial charge in [-0.1, -0.05) is 13.8 Å². The van der Waals surface area contributed by atoms with Gasteiger partial charge >= 0.3 is 5.69 Å². The van der Waals surface area contributed by atoms with Crippen molar-refractivity contribution >= 4 is 23.1 Å². The highest BCUT2D eigenvalue weighted by molar-refractivity contribution is 6.28. The van der Waals surface area contributed by atoms with Crippen molar-refractivity contribution in [3.63, 3.8) is 0 Å². The summed E-state index contributed by atoms with van der Waals surface area (Å²) in [7, 11) is 0. The molecule has 1 aromatic heterocycles. The second-order valence-electron chi connectivity index (χ2n) is 6.01. The van der Waals surface area contributed by atoms with Crippen LogP contribution in [0.3, 0.4) is 0 Å². The molecule has 0 atom stereocenters. The second kappa shape index (κ2) is 5.52. The van der Waals surface area contributed by atoms with E-state index in [0.717, 1.165) is 32.4 Å². The zero-order valence-electron chi connectivity index (χ0n) is 12.0. The zero-order chi connectivity index (χ0) is 14.9. The predicted octanol–water partition coefficient (Wildman–Crippen LogP) is 3.36. The van der Waals surface area contributed by atoms with Crippen molar-refractivity contribution in [3.05, 3.63) is 21.1 Å². The van der Waals surface area contributed by atoms with E-state index in [4.69, 9.17) is 11.6 Å². The monoisotopic (exact) mass is 298 g/mol. The van der Waals surface area contributed by atoms with Crippen molar-refractivity contribution in [1.82, 2.24) is 9.97 Å². The number of anilines is 1. The summed E-state index contributed by atoms with van der Waals surface area (Å²) in [5.74, 6) is 0.352. The second-order valence-corrected chi connectivity index (χ2v) is 6.35. The third-order valence-electron chi connectivity index (χ3n) is 3.83. The molecule has 1 aliphatic rings. The summed E-state index contributed by atoms with van der Waals surface area (Å²) in [6, 6.07) is 0. The van der Waals surface area contributed by atoms with Gasteiger partial charge in [0, 0.05) is 13.1 Å². The highest BCUT2D eigenvalue weighted by Gasteiger charge is 2.30. The summed E-state index contributed by atoms with van der Waals surface area (Å²) in [6.45, 7) is 7.56. The van der Waals surface area contributed by atoms with E-state index in [1.807, 2.05) is 4.90 Å². The molecule has 6 nitrogen and oxygen atoms in total. The first-order valence-electron chi connectivity index (χ1n) is 6.74. The third kappa shape index (κ3) is 3.17. The van der Waals surface area contributed by atoms with Gasteiger partial charge in [-0.15, -0.1) is 0 Å². The minimum atomic E-state index is -0.420. The van der Waals surface area contributed by atoms with Gasteiger partial charge < -0.3 is 4.90 Å². The number of nitrogens with zero attached hydrogens (tertiary/aromatic N) is 4. The van der Waals surface area contributed by atoms with Gasteiger partial charge in [-0.05, 0) is 43.2 Å². The molecule has 0 amide bonds. The van der Waals surface area contributed by atoms with Crippen molar-refractivity contribution < 1.29 is 4.92 Å². The van der Waals surface area contributed by atoms with Crippen LogP contribution in [0.25, 0.3) is 0 Å². The Hall–Kier alpha value is -1.43. The first-order valence-corrected chi connectivity index (χ1v) is 7.11. The van der Waals surface area contributed by atoms with E-state index in [1.54, 1.807) is 6.92 Å². The molecular weight excluding hydrogens is 280 g/mol. The van der Waals surface area contributed by atoms with Crippen LogP contribution < -0.4 is 4.90 Å². The van der Waals surface area contributed by atoms with Crippen LogP contribution >= 0.6 is 11.6 Å². The summed E-state index contributed by atoms with van der Waals surface area (Å²) < 4.78 is 0. The van der Waals surface area contributed by atoms with E-state index < -0.39 is 4.92 Å². The molecule has 1 aromatic rings. The molecule has 0 spiro atoms. The normalized spacial score (nSPS) is 18.7. The van der Waals surface area contributed by atoms with Crippen molar-refractivity contribution in [3.8, 4) is 0 Å². The smallest absolute Gasteiger partial charge is 0.332 e. The van der Waals surface area contributed by atoms with Crippen molar-refractivity contribution in [1.29, 1.82) is 0 Å². The molecule has 1 fully saturated rings. The summed E-state index contributed by atoms with van der Waals surface area (Å²) in [4.78, 5) is 20.8. The topological polar surface area (TPSA) is 72.2 Å². The van der Waals surface area contributed by atoms with E-state index >= 15 is 0 Å². The molecule has 2 heterocycles. The van der Waals surface area contributed by atoms with E-state index in [9.17, 15) is 10.1 Å². The minimum absolute atomic E-state index is 0.0332. The molecule has 2 rings (SSSR count). The third-order valence-corrected chi connectivity index (χ3v) is 4.00. The Balaban J connectivity index is 2.39. The molecule has 0 saturated carbocycles. The van der Waals surface area contributed by atoms with Crippen LogP contribution in [-0.4, -0.2) is 28.0 Å². The van der Waals surface area contributed by atoms with Crippen LogP contribution in [-0.2, 0) is 0 Å². The lowest BCUT2D eigenvalue weighted by Crippen LogP contribution is -2.27. The summed E-state index contributed by atoms with van der Waals surface area (Å²) >= 11 is 5.87. The maximum Gasteiger partial charge on any atom is 0.332 e. The Morgan fingerprint density at radius 1 is 1.30 bits per heavy atom. The maximum atomic E-state index is 11.3. The predicted molar refractivity (Wildman–Crippen MR) is 78.3 cm³/mol. The molecule has 0 bridgehead atoms. The highest BCUT2D eigenvalue weighted by atomic mass is 35.5. The molecule has 20 heavy (non-hydrogen) atoms. The van der Waals surface area contributed by atoms with Crippen LogP contribution in [0.15, 0.2) is 0 Å². The molecule has 0 N–H and O–H groups in total. The average molecular weight is 299 g/mol. The first kappa shape index (κ1) is 15.0. The molecule has 7 heteroatoms. The summed E-state index contributed by atoms with van der Waals surface area (Å²) in [6.07, 6.45) is 3.07. The largest absolute Gasteiger partial charge is 0.351 e. The Labute approximate surface area is 123 Å². The number of hydrogen-bond donors (Lipinski definition) is 0. The lowest BCUT2D eigenvalue weighted by Gasteiger charge is -2.24. The number of aromatic nitrogens is 2. The van der Waals surface area contributed by atoms with E-state index in [0.29, 0.717) is 11.5 Å².